The summed E-state index contributed by atoms with van der Waals surface area (Å²) in [5.41, 5.74) is 13.1. The Balaban J connectivity index is 0.928. The summed E-state index contributed by atoms with van der Waals surface area (Å²) >= 11 is 0. The first kappa shape index (κ1) is 33.9. The molecule has 6 nitrogen and oxygen atoms in total. The average Bonchev–Trinajstić information content (AvgIpc) is 3.91. The lowest BCUT2D eigenvalue weighted by molar-refractivity contribution is 0.668. The number of nitrogens with zero attached hydrogens (tertiary/aromatic N) is 4. The molecular formula is C54H32N4O2. The first-order valence-corrected chi connectivity index (χ1v) is 20.0. The summed E-state index contributed by atoms with van der Waals surface area (Å²) in [6.07, 6.45) is 0. The van der Waals surface area contributed by atoms with E-state index in [-0.39, 0.29) is 0 Å². The number of hydrogen-bond donors (Lipinski definition) is 0. The van der Waals surface area contributed by atoms with Crippen molar-refractivity contribution in [3.8, 4) is 67.7 Å². The first-order valence-electron chi connectivity index (χ1n) is 20.0. The monoisotopic (exact) mass is 768 g/mol. The largest absolute Gasteiger partial charge is 0.455 e. The van der Waals surface area contributed by atoms with Crippen molar-refractivity contribution in [1.82, 2.24) is 19.9 Å². The average molecular weight is 769 g/mol. The van der Waals surface area contributed by atoms with Crippen LogP contribution in [-0.2, 0) is 0 Å². The van der Waals surface area contributed by atoms with Gasteiger partial charge in [0.2, 0.25) is 0 Å². The van der Waals surface area contributed by atoms with E-state index in [4.69, 9.17) is 28.8 Å². The van der Waals surface area contributed by atoms with Gasteiger partial charge in [-0.25, -0.2) is 19.9 Å². The summed E-state index contributed by atoms with van der Waals surface area (Å²) in [6.45, 7) is 0. The molecule has 0 aliphatic carbocycles. The lowest BCUT2D eigenvalue weighted by Gasteiger charge is -2.10. The molecule has 0 radical (unpaired) electrons. The summed E-state index contributed by atoms with van der Waals surface area (Å²) < 4.78 is 13.0. The van der Waals surface area contributed by atoms with Crippen LogP contribution in [0.1, 0.15) is 0 Å². The van der Waals surface area contributed by atoms with Crippen LogP contribution in [0.4, 0.5) is 0 Å². The normalized spacial score (nSPS) is 11.7. The highest BCUT2D eigenvalue weighted by molar-refractivity contribution is 6.21. The molecule has 0 saturated carbocycles. The Hall–Kier alpha value is -8.22. The molecule has 8 aromatic carbocycles. The third kappa shape index (κ3) is 5.65. The van der Waals surface area contributed by atoms with Gasteiger partial charge in [0, 0.05) is 54.7 Å². The van der Waals surface area contributed by atoms with E-state index in [1.165, 1.54) is 0 Å². The number of rotatable bonds is 6. The van der Waals surface area contributed by atoms with E-state index in [1.54, 1.807) is 0 Å². The summed E-state index contributed by atoms with van der Waals surface area (Å²) in [7, 11) is 0. The van der Waals surface area contributed by atoms with Crippen LogP contribution in [0.25, 0.3) is 122 Å². The quantitative estimate of drug-likeness (QED) is 0.168. The van der Waals surface area contributed by atoms with E-state index in [0.717, 1.165) is 105 Å². The molecule has 4 heterocycles. The second-order valence-corrected chi connectivity index (χ2v) is 15.0. The van der Waals surface area contributed by atoms with Crippen molar-refractivity contribution in [3.63, 3.8) is 0 Å². The fourth-order valence-corrected chi connectivity index (χ4v) is 8.39. The molecule has 0 aliphatic heterocycles. The molecule has 280 valence electrons. The number of para-hydroxylation sites is 3. The predicted molar refractivity (Wildman–Crippen MR) is 242 cm³/mol. The molecule has 6 heteroatoms. The molecule has 12 rings (SSSR count). The van der Waals surface area contributed by atoms with E-state index >= 15 is 0 Å². The van der Waals surface area contributed by atoms with Gasteiger partial charge >= 0.3 is 0 Å². The molecule has 0 aliphatic rings. The summed E-state index contributed by atoms with van der Waals surface area (Å²) in [6, 6.07) is 66.3. The van der Waals surface area contributed by atoms with Crippen LogP contribution in [0.2, 0.25) is 0 Å². The number of furan rings is 2. The van der Waals surface area contributed by atoms with Crippen molar-refractivity contribution in [3.05, 3.63) is 194 Å². The zero-order valence-corrected chi connectivity index (χ0v) is 32.1. The van der Waals surface area contributed by atoms with E-state index in [9.17, 15) is 0 Å². The summed E-state index contributed by atoms with van der Waals surface area (Å²) in [5, 5.41) is 5.38. The Morgan fingerprint density at radius 2 is 0.783 bits per heavy atom. The number of benzene rings is 8. The van der Waals surface area contributed by atoms with Crippen LogP contribution in [-0.4, -0.2) is 19.9 Å². The van der Waals surface area contributed by atoms with Gasteiger partial charge in [0.15, 0.2) is 23.1 Å². The fourth-order valence-electron chi connectivity index (χ4n) is 8.39. The van der Waals surface area contributed by atoms with Gasteiger partial charge < -0.3 is 8.83 Å². The highest BCUT2D eigenvalue weighted by Crippen LogP contribution is 2.42. The van der Waals surface area contributed by atoms with E-state index < -0.39 is 0 Å². The van der Waals surface area contributed by atoms with Gasteiger partial charge in [0.1, 0.15) is 22.4 Å². The van der Waals surface area contributed by atoms with Gasteiger partial charge in [-0.2, -0.15) is 0 Å². The minimum absolute atomic E-state index is 0.624. The lowest BCUT2D eigenvalue weighted by atomic mass is 9.97. The number of fused-ring (bicyclic) bond motifs is 8. The zero-order valence-electron chi connectivity index (χ0n) is 32.1. The SMILES string of the molecule is c1ccc(-c2nc(-c3ccccc3)nc(-c3ccc(-c4ccc(-c5nc6cc(-c7cccc8c7oc7ccccc78)ccc6c6c5oc5ccccc56)cc4)cc3)n2)cc1. The molecule has 0 spiro atoms. The van der Waals surface area contributed by atoms with Gasteiger partial charge in [-0.15, -0.1) is 0 Å². The van der Waals surface area contributed by atoms with E-state index in [1.807, 2.05) is 84.9 Å². The van der Waals surface area contributed by atoms with Crippen LogP contribution >= 0.6 is 0 Å². The molecule has 0 saturated heterocycles. The minimum Gasteiger partial charge on any atom is -0.455 e. The minimum atomic E-state index is 0.624. The summed E-state index contributed by atoms with van der Waals surface area (Å²) in [4.78, 5) is 20.0. The Labute approximate surface area is 344 Å². The second kappa shape index (κ2) is 13.7. The van der Waals surface area contributed by atoms with Crippen LogP contribution in [0.5, 0.6) is 0 Å². The molecular weight excluding hydrogens is 737 g/mol. The molecule has 4 aromatic heterocycles. The van der Waals surface area contributed by atoms with Crippen molar-refractivity contribution in [1.29, 1.82) is 0 Å². The number of hydrogen-bond acceptors (Lipinski definition) is 6. The molecule has 0 N–H and O–H groups in total. The van der Waals surface area contributed by atoms with Crippen molar-refractivity contribution >= 4 is 54.8 Å². The van der Waals surface area contributed by atoms with Gasteiger partial charge in [-0.1, -0.05) is 176 Å². The molecule has 0 bridgehead atoms. The van der Waals surface area contributed by atoms with Crippen molar-refractivity contribution in [2.45, 2.75) is 0 Å². The van der Waals surface area contributed by atoms with Gasteiger partial charge in [0.05, 0.1) is 5.52 Å². The van der Waals surface area contributed by atoms with Gasteiger partial charge in [-0.3, -0.25) is 0 Å². The Morgan fingerprint density at radius 3 is 1.43 bits per heavy atom. The van der Waals surface area contributed by atoms with Crippen molar-refractivity contribution in [2.75, 3.05) is 0 Å². The molecule has 0 fully saturated rings. The molecule has 0 atom stereocenters. The number of aromatic nitrogens is 4. The second-order valence-electron chi connectivity index (χ2n) is 15.0. The maximum atomic E-state index is 6.60. The molecule has 12 aromatic rings. The third-order valence-electron chi connectivity index (χ3n) is 11.4. The van der Waals surface area contributed by atoms with Crippen LogP contribution < -0.4 is 0 Å². The lowest BCUT2D eigenvalue weighted by Crippen LogP contribution is -2.00. The highest BCUT2D eigenvalue weighted by atomic mass is 16.3. The predicted octanol–water partition coefficient (Wildman–Crippen LogP) is 14.2. The molecule has 0 unspecified atom stereocenters. The summed E-state index contributed by atoms with van der Waals surface area (Å²) in [5.74, 6) is 1.90. The smallest absolute Gasteiger partial charge is 0.164 e. The first-order chi connectivity index (χ1) is 29.7. The van der Waals surface area contributed by atoms with E-state index in [0.29, 0.717) is 17.5 Å². The standard InChI is InChI=1S/C54H32N4O2/c1-3-12-36(13-4-1)52-56-53(37-14-5-2-6-15-37)58-54(57-52)38-28-24-34(25-29-38)33-22-26-35(27-23-33)49-51-48(44-17-8-10-21-47(44)60-51)43-31-30-39(32-45(43)55-49)40-18-11-19-42-41-16-7-9-20-46(41)59-50(40)42/h1-32H. The van der Waals surface area contributed by atoms with Crippen LogP contribution in [0, 0.1) is 0 Å². The van der Waals surface area contributed by atoms with Gasteiger partial charge in [-0.05, 0) is 34.9 Å². The maximum Gasteiger partial charge on any atom is 0.164 e. The van der Waals surface area contributed by atoms with E-state index in [2.05, 4.69) is 109 Å². The Bertz CT molecular complexity index is 3520. The van der Waals surface area contributed by atoms with Crippen LogP contribution in [0.15, 0.2) is 203 Å². The molecule has 0 amide bonds. The number of pyridine rings is 1. The fraction of sp³-hybridized carbons (Fsp3) is 0. The van der Waals surface area contributed by atoms with Crippen LogP contribution in [0.3, 0.4) is 0 Å². The Kier molecular flexibility index (Phi) is 7.74. The van der Waals surface area contributed by atoms with Crippen molar-refractivity contribution in [2.24, 2.45) is 0 Å². The zero-order chi connectivity index (χ0) is 39.6. The Morgan fingerprint density at radius 1 is 0.300 bits per heavy atom. The highest BCUT2D eigenvalue weighted by Gasteiger charge is 2.20. The topological polar surface area (TPSA) is 77.8 Å². The van der Waals surface area contributed by atoms with Gasteiger partial charge in [0.25, 0.3) is 0 Å². The van der Waals surface area contributed by atoms with Crippen molar-refractivity contribution < 1.29 is 8.83 Å². The maximum absolute atomic E-state index is 6.60. The molecule has 60 heavy (non-hydrogen) atoms. The third-order valence-corrected chi connectivity index (χ3v) is 11.4.